The minimum Gasteiger partial charge on any atom is -0.383 e. The number of nitrogens with two attached hydrogens (primary N) is 2. The minimum absolute atomic E-state index is 0.0780. The van der Waals surface area contributed by atoms with E-state index in [0.717, 1.165) is 19.5 Å². The Labute approximate surface area is 187 Å². The molecule has 13 heteroatoms. The number of primary sulfonamides is 1. The number of alkyl halides is 3. The summed E-state index contributed by atoms with van der Waals surface area (Å²) in [4.78, 5) is 7.33. The Morgan fingerprint density at radius 3 is 2.42 bits per heavy atom. The van der Waals surface area contributed by atoms with Gasteiger partial charge >= 0.3 is 6.18 Å². The van der Waals surface area contributed by atoms with Crippen LogP contribution in [0.15, 0.2) is 61.5 Å². The van der Waals surface area contributed by atoms with E-state index in [-0.39, 0.29) is 29.7 Å². The third-order valence-corrected chi connectivity index (χ3v) is 6.26. The van der Waals surface area contributed by atoms with Gasteiger partial charge in [0.2, 0.25) is 10.0 Å². The largest absolute Gasteiger partial charge is 0.417 e. The Kier molecular flexibility index (Phi) is 6.03. The zero-order valence-electron chi connectivity index (χ0n) is 17.2. The average Bonchev–Trinajstić information content (AvgIpc) is 3.46. The highest BCUT2D eigenvalue weighted by Gasteiger charge is 2.40. The van der Waals surface area contributed by atoms with E-state index in [4.69, 9.17) is 10.9 Å². The fourth-order valence-electron chi connectivity index (χ4n) is 3.76. The number of amidine groups is 2. The molecule has 0 aromatic heterocycles. The maximum absolute atomic E-state index is 13.6. The van der Waals surface area contributed by atoms with Crippen LogP contribution < -0.4 is 16.2 Å². The van der Waals surface area contributed by atoms with Gasteiger partial charge in [-0.25, -0.2) is 18.5 Å². The standard InChI is InChI=1S/C20H20F3N7O2S/c21-20(22,23)15-6-5-14(16(17(15)33(25,31)32)19-27-10-28-30-19)11-1-3-12(4-2-11)18(24)29-13-7-8-26-9-13/h1-6,13,26H,7-10H2,(H2,24,29)(H2,25,31,32). The van der Waals surface area contributed by atoms with Crippen molar-refractivity contribution in [1.29, 1.82) is 0 Å². The SMILES string of the molecule is NC(=NC1CCNC1)c1ccc(-c2ccc(C(F)(F)F)c(S(N)(=O)=O)c2C2=NCN=N2)cc1. The summed E-state index contributed by atoms with van der Waals surface area (Å²) in [6.45, 7) is 1.47. The first-order chi connectivity index (χ1) is 15.6. The van der Waals surface area contributed by atoms with Gasteiger partial charge < -0.3 is 11.1 Å². The summed E-state index contributed by atoms with van der Waals surface area (Å²) in [6, 6.07) is 8.46. The normalized spacial score (nSPS) is 19.2. The van der Waals surface area contributed by atoms with E-state index in [0.29, 0.717) is 23.0 Å². The molecule has 1 unspecified atom stereocenters. The lowest BCUT2D eigenvalue weighted by molar-refractivity contribution is -0.139. The Morgan fingerprint density at radius 2 is 1.88 bits per heavy atom. The van der Waals surface area contributed by atoms with E-state index in [2.05, 4.69) is 25.5 Å². The highest BCUT2D eigenvalue weighted by atomic mass is 32.2. The van der Waals surface area contributed by atoms with Gasteiger partial charge in [-0.2, -0.15) is 18.3 Å². The fraction of sp³-hybridized carbons (Fsp3) is 0.300. The molecule has 2 aromatic rings. The van der Waals surface area contributed by atoms with Crippen LogP contribution in [0.4, 0.5) is 13.2 Å². The van der Waals surface area contributed by atoms with E-state index >= 15 is 0 Å². The first kappa shape index (κ1) is 23.0. The number of rotatable bonds is 5. The van der Waals surface area contributed by atoms with Crippen LogP contribution in [-0.4, -0.2) is 45.9 Å². The number of nitrogens with zero attached hydrogens (tertiary/aromatic N) is 4. The molecule has 0 amide bonds. The van der Waals surface area contributed by atoms with Crippen molar-refractivity contribution in [1.82, 2.24) is 5.32 Å². The molecule has 4 rings (SSSR count). The molecule has 0 aliphatic carbocycles. The first-order valence-corrected chi connectivity index (χ1v) is 11.4. The number of sulfonamides is 1. The Balaban J connectivity index is 1.85. The third-order valence-electron chi connectivity index (χ3n) is 5.27. The molecule has 2 aliphatic rings. The van der Waals surface area contributed by atoms with E-state index in [1.165, 1.54) is 6.07 Å². The van der Waals surface area contributed by atoms with Gasteiger partial charge in [-0.05, 0) is 30.2 Å². The number of hydrogen-bond donors (Lipinski definition) is 3. The van der Waals surface area contributed by atoms with Crippen LogP contribution in [0.3, 0.4) is 0 Å². The Morgan fingerprint density at radius 1 is 1.15 bits per heavy atom. The summed E-state index contributed by atoms with van der Waals surface area (Å²) < 4.78 is 65.5. The molecule has 9 nitrogen and oxygen atoms in total. The van der Waals surface area contributed by atoms with Gasteiger partial charge in [0.1, 0.15) is 10.7 Å². The van der Waals surface area contributed by atoms with Crippen molar-refractivity contribution >= 4 is 21.7 Å². The van der Waals surface area contributed by atoms with Crippen molar-refractivity contribution in [2.75, 3.05) is 19.8 Å². The van der Waals surface area contributed by atoms with E-state index < -0.39 is 26.7 Å². The molecule has 1 fully saturated rings. The summed E-state index contributed by atoms with van der Waals surface area (Å²) in [5.41, 5.74) is 5.57. The molecule has 174 valence electrons. The number of nitrogens with one attached hydrogen (secondary N) is 1. The molecule has 0 saturated carbocycles. The van der Waals surface area contributed by atoms with Gasteiger partial charge in [-0.3, -0.25) is 4.99 Å². The predicted octanol–water partition coefficient (Wildman–Crippen LogP) is 2.26. The van der Waals surface area contributed by atoms with Crippen molar-refractivity contribution in [3.8, 4) is 11.1 Å². The monoisotopic (exact) mass is 479 g/mol. The Bertz CT molecular complexity index is 1260. The molecule has 0 radical (unpaired) electrons. The van der Waals surface area contributed by atoms with Crippen LogP contribution in [-0.2, 0) is 16.2 Å². The van der Waals surface area contributed by atoms with Crippen LogP contribution in [0.25, 0.3) is 11.1 Å². The summed E-state index contributed by atoms with van der Waals surface area (Å²) >= 11 is 0. The average molecular weight is 479 g/mol. The van der Waals surface area contributed by atoms with Crippen LogP contribution in [0.1, 0.15) is 23.1 Å². The maximum atomic E-state index is 13.6. The van der Waals surface area contributed by atoms with E-state index in [9.17, 15) is 21.6 Å². The lowest BCUT2D eigenvalue weighted by Gasteiger charge is -2.18. The first-order valence-electron chi connectivity index (χ1n) is 9.90. The van der Waals surface area contributed by atoms with Crippen molar-refractivity contribution in [3.63, 3.8) is 0 Å². The van der Waals surface area contributed by atoms with Crippen molar-refractivity contribution in [2.45, 2.75) is 23.5 Å². The molecule has 1 saturated heterocycles. The molecule has 2 aliphatic heterocycles. The van der Waals surface area contributed by atoms with Gasteiger partial charge in [0.15, 0.2) is 12.5 Å². The molecule has 0 spiro atoms. The van der Waals surface area contributed by atoms with Crippen LogP contribution in [0.5, 0.6) is 0 Å². The molecular formula is C20H20F3N7O2S. The third kappa shape index (κ3) is 4.79. The second-order valence-electron chi connectivity index (χ2n) is 7.51. The lowest BCUT2D eigenvalue weighted by atomic mass is 9.95. The zero-order valence-corrected chi connectivity index (χ0v) is 18.0. The van der Waals surface area contributed by atoms with Crippen molar-refractivity contribution in [2.24, 2.45) is 31.1 Å². The predicted molar refractivity (Wildman–Crippen MR) is 117 cm³/mol. The van der Waals surface area contributed by atoms with Gasteiger partial charge in [0.05, 0.1) is 11.6 Å². The van der Waals surface area contributed by atoms with Crippen molar-refractivity contribution in [3.05, 3.63) is 53.1 Å². The van der Waals surface area contributed by atoms with E-state index in [1.807, 2.05) is 0 Å². The summed E-state index contributed by atoms with van der Waals surface area (Å²) in [5.74, 6) is 0.0982. The molecule has 2 heterocycles. The lowest BCUT2D eigenvalue weighted by Crippen LogP contribution is -2.23. The summed E-state index contributed by atoms with van der Waals surface area (Å²) in [7, 11) is -4.80. The quantitative estimate of drug-likeness (QED) is 0.446. The van der Waals surface area contributed by atoms with Gasteiger partial charge in [-0.1, -0.05) is 30.3 Å². The topological polar surface area (TPSA) is 148 Å². The fourth-order valence-corrected chi connectivity index (χ4v) is 4.74. The van der Waals surface area contributed by atoms with Crippen LogP contribution >= 0.6 is 0 Å². The minimum atomic E-state index is -4.96. The second-order valence-corrected chi connectivity index (χ2v) is 9.01. The highest BCUT2D eigenvalue weighted by molar-refractivity contribution is 7.89. The summed E-state index contributed by atoms with van der Waals surface area (Å²) in [5, 5.41) is 15.8. The Hall–Kier alpha value is -3.16. The molecule has 0 bridgehead atoms. The number of benzene rings is 2. The van der Waals surface area contributed by atoms with Crippen LogP contribution in [0, 0.1) is 0 Å². The molecule has 33 heavy (non-hydrogen) atoms. The van der Waals surface area contributed by atoms with Gasteiger partial charge in [0.25, 0.3) is 0 Å². The zero-order chi connectivity index (χ0) is 23.8. The number of halogens is 3. The number of azo groups is 1. The van der Waals surface area contributed by atoms with Crippen molar-refractivity contribution < 1.29 is 21.6 Å². The molecular weight excluding hydrogens is 459 g/mol. The number of hydrogen-bond acceptors (Lipinski definition) is 7. The van der Waals surface area contributed by atoms with Gasteiger partial charge in [-0.15, -0.1) is 5.11 Å². The van der Waals surface area contributed by atoms with Gasteiger partial charge in [0, 0.05) is 17.7 Å². The smallest absolute Gasteiger partial charge is 0.383 e. The summed E-state index contributed by atoms with van der Waals surface area (Å²) in [6.07, 6.45) is -4.09. The molecule has 2 aromatic carbocycles. The second kappa shape index (κ2) is 8.65. The number of aliphatic imine (C=N–C) groups is 2. The highest BCUT2D eigenvalue weighted by Crippen LogP contribution is 2.40. The van der Waals surface area contributed by atoms with E-state index in [1.54, 1.807) is 24.3 Å². The molecule has 1 atom stereocenters. The maximum Gasteiger partial charge on any atom is 0.417 e. The van der Waals surface area contributed by atoms with Crippen LogP contribution in [0.2, 0.25) is 0 Å². The molecule has 5 N–H and O–H groups in total.